The number of carbonyl (C=O) groups is 4. The number of H-pyrrole nitrogens is 1. The molecule has 3 N–H and O–H groups in total. The Labute approximate surface area is 360 Å². The van der Waals surface area contributed by atoms with E-state index in [1.165, 1.54) is 14.2 Å². The van der Waals surface area contributed by atoms with Crippen LogP contribution in [0.15, 0.2) is 53.8 Å². The number of allylic oxidation sites excluding steroid dienone is 1. The van der Waals surface area contributed by atoms with Crippen molar-refractivity contribution in [3.63, 3.8) is 0 Å². The van der Waals surface area contributed by atoms with Crippen LogP contribution in [-0.4, -0.2) is 120 Å². The van der Waals surface area contributed by atoms with Crippen LogP contribution in [-0.2, 0) is 28.5 Å². The molecule has 4 saturated heterocycles. The summed E-state index contributed by atoms with van der Waals surface area (Å²) in [4.78, 5) is 70.1. The van der Waals surface area contributed by atoms with Crippen LogP contribution in [0, 0.1) is 35.5 Å². The highest BCUT2D eigenvalue weighted by molar-refractivity contribution is 6.05. The number of nitrogens with zero attached hydrogens (tertiary/aromatic N) is 4. The molecule has 8 atom stereocenters. The number of alkyl carbamates (subject to hydrolysis) is 2. The van der Waals surface area contributed by atoms with Crippen molar-refractivity contribution in [2.24, 2.45) is 28.7 Å². The smallest absolute Gasteiger partial charge is 0.407 e. The molecular formula is C47H53N7O8. The van der Waals surface area contributed by atoms with Gasteiger partial charge in [-0.15, -0.1) is 0 Å². The highest BCUT2D eigenvalue weighted by Gasteiger charge is 2.58. The fourth-order valence-corrected chi connectivity index (χ4v) is 10.7. The maximum atomic E-state index is 14.3. The fraction of sp³-hybridized carbons (Fsp3) is 0.532. The Bertz CT molecular complexity index is 2390. The molecule has 2 aliphatic carbocycles. The van der Waals surface area contributed by atoms with Crippen molar-refractivity contribution in [3.8, 4) is 11.8 Å². The number of benzene rings is 2. The van der Waals surface area contributed by atoms with Gasteiger partial charge in [0.1, 0.15) is 23.6 Å². The van der Waals surface area contributed by atoms with Crippen molar-refractivity contribution in [3.05, 3.63) is 71.4 Å². The molecule has 1 unspecified atom stereocenters. The number of aromatic amines is 1. The lowest BCUT2D eigenvalue weighted by Gasteiger charge is -2.36. The van der Waals surface area contributed by atoms with Gasteiger partial charge in [-0.2, -0.15) is 0 Å². The summed E-state index contributed by atoms with van der Waals surface area (Å²) >= 11 is 0. The molecule has 4 amide bonds. The van der Waals surface area contributed by atoms with Crippen molar-refractivity contribution in [2.45, 2.75) is 94.0 Å². The summed E-state index contributed by atoms with van der Waals surface area (Å²) in [5.41, 5.74) is 4.73. The molecule has 0 spiro atoms. The number of piperidine rings is 2. The minimum Gasteiger partial charge on any atom is -0.453 e. The number of nitrogens with one attached hydrogen (secondary N) is 3. The predicted octanol–water partition coefficient (Wildman–Crippen LogP) is 5.10. The lowest BCUT2D eigenvalue weighted by Crippen LogP contribution is -2.56. The maximum Gasteiger partial charge on any atom is 0.407 e. The van der Waals surface area contributed by atoms with E-state index in [0.717, 1.165) is 58.9 Å². The Morgan fingerprint density at radius 2 is 1.34 bits per heavy atom. The van der Waals surface area contributed by atoms with Gasteiger partial charge in [-0.05, 0) is 121 Å². The summed E-state index contributed by atoms with van der Waals surface area (Å²) < 4.78 is 20.9. The van der Waals surface area contributed by atoms with Gasteiger partial charge in [-0.25, -0.2) is 14.6 Å². The Morgan fingerprint density at radius 1 is 0.758 bits per heavy atom. The minimum atomic E-state index is -0.683. The number of aliphatic imine (C=N–C) groups is 1. The number of fused-ring (bicyclic) bond motifs is 3. The van der Waals surface area contributed by atoms with Gasteiger partial charge in [0.2, 0.25) is 11.8 Å². The van der Waals surface area contributed by atoms with E-state index in [2.05, 4.69) is 57.8 Å². The van der Waals surface area contributed by atoms with E-state index in [0.29, 0.717) is 81.9 Å². The van der Waals surface area contributed by atoms with Gasteiger partial charge in [0, 0.05) is 62.4 Å². The SMILES string of the molecule is COC(=O)N[C@H](C(=O)N1C(C2=NC=C(c3ccc4cc(C#Cc5cnc([C@@H]6C[C@H]7C[C@H]7N6C(=O)[C@@H](NC(=O)OC)C6CCOCC6)[nH]5)ccc4c3)C2)C[C@H]2C[C@H]21)C1CCOCC1. The van der Waals surface area contributed by atoms with E-state index in [-0.39, 0.29) is 47.8 Å². The van der Waals surface area contributed by atoms with Gasteiger partial charge in [-0.3, -0.25) is 14.6 Å². The molecule has 6 heterocycles. The Morgan fingerprint density at radius 3 is 1.97 bits per heavy atom. The van der Waals surface area contributed by atoms with Crippen LogP contribution in [0.3, 0.4) is 0 Å². The van der Waals surface area contributed by atoms with Crippen LogP contribution < -0.4 is 10.6 Å². The van der Waals surface area contributed by atoms with Crippen LogP contribution in [0.25, 0.3) is 16.3 Å². The first-order valence-electron chi connectivity index (χ1n) is 22.1. The average Bonchev–Trinajstić information content (AvgIpc) is 3.90. The van der Waals surface area contributed by atoms with Gasteiger partial charge >= 0.3 is 12.2 Å². The van der Waals surface area contributed by atoms with E-state index in [1.54, 1.807) is 6.20 Å². The number of aromatic nitrogens is 2. The molecule has 10 rings (SSSR count). The number of hydrogen-bond donors (Lipinski definition) is 3. The van der Waals surface area contributed by atoms with Crippen molar-refractivity contribution in [1.29, 1.82) is 0 Å². The van der Waals surface area contributed by atoms with Gasteiger partial charge < -0.3 is 44.4 Å². The second-order valence-corrected chi connectivity index (χ2v) is 17.9. The van der Waals surface area contributed by atoms with Crippen molar-refractivity contribution >= 4 is 46.1 Å². The molecular weight excluding hydrogens is 791 g/mol. The first-order chi connectivity index (χ1) is 30.3. The number of methoxy groups -OCH3 is 2. The molecule has 0 bridgehead atoms. The number of likely N-dealkylation sites (tertiary alicyclic amines) is 2. The maximum absolute atomic E-state index is 14.3. The van der Waals surface area contributed by atoms with E-state index >= 15 is 0 Å². The first kappa shape index (κ1) is 40.4. The number of rotatable bonds is 9. The Kier molecular flexibility index (Phi) is 11.0. The third kappa shape index (κ3) is 7.94. The summed E-state index contributed by atoms with van der Waals surface area (Å²) in [6.45, 7) is 2.27. The van der Waals surface area contributed by atoms with Crippen LogP contribution in [0.1, 0.15) is 86.5 Å². The third-order valence-corrected chi connectivity index (χ3v) is 14.2. The molecule has 2 aromatic carbocycles. The molecule has 3 aromatic rings. The molecule has 15 nitrogen and oxygen atoms in total. The van der Waals surface area contributed by atoms with Gasteiger partial charge in [-0.1, -0.05) is 24.1 Å². The standard InChI is InChI=1S/C47H53N7O8/c1-59-46(57)51-41(27-9-13-61-14-10-27)44(55)53-37-20-32(37)22-39(53)36-19-34(24-48-36)31-7-6-29-17-26(3-5-30(29)18-31)4-8-35-25-49-43(50-35)40-23-33-21-38(33)54(40)45(56)42(52-47(58)60-2)28-11-15-62-16-12-28/h3,5-7,17-18,24-25,27-28,32-33,37-42H,9-16,19-23H2,1-2H3,(H,49,50)(H,51,57)(H,52,58)/t32-,33-,37-,38-,39?,40+,41+,42+/m1/s1. The molecule has 15 heteroatoms. The molecule has 324 valence electrons. The molecule has 62 heavy (non-hydrogen) atoms. The summed E-state index contributed by atoms with van der Waals surface area (Å²) in [5, 5.41) is 7.86. The molecule has 0 radical (unpaired) electrons. The largest absolute Gasteiger partial charge is 0.453 e. The van der Waals surface area contributed by atoms with E-state index in [1.807, 2.05) is 22.1 Å². The van der Waals surface area contributed by atoms with E-state index in [9.17, 15) is 19.2 Å². The second kappa shape index (κ2) is 16.9. The highest BCUT2D eigenvalue weighted by Crippen LogP contribution is 2.54. The first-order valence-corrected chi connectivity index (χ1v) is 22.1. The predicted molar refractivity (Wildman–Crippen MR) is 228 cm³/mol. The van der Waals surface area contributed by atoms with Crippen LogP contribution in [0.2, 0.25) is 0 Å². The summed E-state index contributed by atoms with van der Waals surface area (Å²) in [6.07, 6.45) is 9.62. The summed E-state index contributed by atoms with van der Waals surface area (Å²) in [5.74, 6) is 7.97. The lowest BCUT2D eigenvalue weighted by atomic mass is 9.90. The lowest BCUT2D eigenvalue weighted by molar-refractivity contribution is -0.138. The van der Waals surface area contributed by atoms with Crippen LogP contribution in [0.5, 0.6) is 0 Å². The Balaban J connectivity index is 0.795. The van der Waals surface area contributed by atoms with Crippen molar-refractivity contribution in [1.82, 2.24) is 30.4 Å². The van der Waals surface area contributed by atoms with Crippen LogP contribution >= 0.6 is 0 Å². The molecule has 6 fully saturated rings. The number of hydrogen-bond acceptors (Lipinski definition) is 10. The zero-order chi connectivity index (χ0) is 42.5. The number of imidazole rings is 1. The van der Waals surface area contributed by atoms with Crippen LogP contribution in [0.4, 0.5) is 9.59 Å². The second-order valence-electron chi connectivity index (χ2n) is 17.9. The van der Waals surface area contributed by atoms with Gasteiger partial charge in [0.05, 0.1) is 32.5 Å². The fourth-order valence-electron chi connectivity index (χ4n) is 10.7. The van der Waals surface area contributed by atoms with Gasteiger partial charge in [0.25, 0.3) is 0 Å². The average molecular weight is 844 g/mol. The monoisotopic (exact) mass is 843 g/mol. The molecule has 1 aromatic heterocycles. The van der Waals surface area contributed by atoms with E-state index < -0.39 is 24.3 Å². The number of ether oxygens (including phenoxy) is 4. The van der Waals surface area contributed by atoms with E-state index in [4.69, 9.17) is 28.9 Å². The molecule has 2 saturated carbocycles. The zero-order valence-electron chi connectivity index (χ0n) is 35.1. The quantitative estimate of drug-likeness (QED) is 0.248. The minimum absolute atomic E-state index is 0.00620. The molecule has 7 aliphatic rings. The van der Waals surface area contributed by atoms with Gasteiger partial charge in [0.15, 0.2) is 0 Å². The highest BCUT2D eigenvalue weighted by atomic mass is 16.5. The van der Waals surface area contributed by atoms with Crippen molar-refractivity contribution in [2.75, 3.05) is 40.6 Å². The topological polar surface area (TPSA) is 177 Å². The molecule has 5 aliphatic heterocycles. The Hall–Kier alpha value is -5.72. The summed E-state index contributed by atoms with van der Waals surface area (Å²) in [6, 6.07) is 11.3. The third-order valence-electron chi connectivity index (χ3n) is 14.2. The summed E-state index contributed by atoms with van der Waals surface area (Å²) in [7, 11) is 2.64. The number of amides is 4. The number of carbonyl (C=O) groups excluding carboxylic acids is 4. The normalized spacial score (nSPS) is 27.5. The van der Waals surface area contributed by atoms with Crippen molar-refractivity contribution < 1.29 is 38.1 Å². The zero-order valence-corrected chi connectivity index (χ0v) is 35.1.